The van der Waals surface area contributed by atoms with Crippen molar-refractivity contribution in [2.75, 3.05) is 14.2 Å². The monoisotopic (exact) mass is 338 g/mol. The average Bonchev–Trinajstić information content (AvgIpc) is 2.46. The smallest absolute Gasteiger partial charge is 0.199 e. The van der Waals surface area contributed by atoms with Crippen LogP contribution in [0.5, 0.6) is 11.5 Å². The van der Waals surface area contributed by atoms with E-state index in [1.54, 1.807) is 18.2 Å². The fourth-order valence-electron chi connectivity index (χ4n) is 1.83. The van der Waals surface area contributed by atoms with Gasteiger partial charge in [0.15, 0.2) is 5.78 Å². The van der Waals surface area contributed by atoms with Gasteiger partial charge in [-0.05, 0) is 34.1 Å². The van der Waals surface area contributed by atoms with Gasteiger partial charge in [0.1, 0.15) is 17.3 Å². The second-order valence-electron chi connectivity index (χ2n) is 4.00. The number of benzene rings is 2. The highest BCUT2D eigenvalue weighted by atomic mass is 79.9. The highest BCUT2D eigenvalue weighted by molar-refractivity contribution is 9.10. The van der Waals surface area contributed by atoms with Crippen molar-refractivity contribution >= 4 is 21.7 Å². The van der Waals surface area contributed by atoms with Crippen molar-refractivity contribution in [3.8, 4) is 11.5 Å². The van der Waals surface area contributed by atoms with Gasteiger partial charge in [0.25, 0.3) is 0 Å². The van der Waals surface area contributed by atoms with E-state index >= 15 is 0 Å². The number of carbonyl (C=O) groups is 1. The second-order valence-corrected chi connectivity index (χ2v) is 4.85. The van der Waals surface area contributed by atoms with E-state index in [1.807, 2.05) is 0 Å². The maximum atomic E-state index is 13.7. The molecule has 0 bridgehead atoms. The predicted octanol–water partition coefficient (Wildman–Crippen LogP) is 3.84. The minimum absolute atomic E-state index is 0.00265. The highest BCUT2D eigenvalue weighted by Gasteiger charge is 2.20. The number of rotatable bonds is 4. The first-order valence-electron chi connectivity index (χ1n) is 5.79. The van der Waals surface area contributed by atoms with Crippen LogP contribution in [0.2, 0.25) is 0 Å². The van der Waals surface area contributed by atoms with Crippen molar-refractivity contribution in [1.82, 2.24) is 0 Å². The van der Waals surface area contributed by atoms with E-state index in [-0.39, 0.29) is 11.1 Å². The van der Waals surface area contributed by atoms with Crippen LogP contribution in [0.25, 0.3) is 0 Å². The van der Waals surface area contributed by atoms with Gasteiger partial charge in [-0.15, -0.1) is 0 Å². The highest BCUT2D eigenvalue weighted by Crippen LogP contribution is 2.34. The minimum atomic E-state index is -0.563. The predicted molar refractivity (Wildman–Crippen MR) is 77.1 cm³/mol. The molecule has 104 valence electrons. The van der Waals surface area contributed by atoms with Gasteiger partial charge in [0, 0.05) is 6.07 Å². The molecule has 5 heteroatoms. The number of hydrogen-bond donors (Lipinski definition) is 0. The Morgan fingerprint density at radius 1 is 1.05 bits per heavy atom. The van der Waals surface area contributed by atoms with Gasteiger partial charge in [-0.3, -0.25) is 4.79 Å². The van der Waals surface area contributed by atoms with Gasteiger partial charge < -0.3 is 9.47 Å². The van der Waals surface area contributed by atoms with E-state index in [2.05, 4.69) is 15.9 Å². The summed E-state index contributed by atoms with van der Waals surface area (Å²) < 4.78 is 24.6. The molecule has 0 saturated heterocycles. The normalized spacial score (nSPS) is 10.2. The molecule has 3 nitrogen and oxygen atoms in total. The molecule has 0 aliphatic heterocycles. The average molecular weight is 339 g/mol. The van der Waals surface area contributed by atoms with Crippen molar-refractivity contribution in [2.24, 2.45) is 0 Å². The van der Waals surface area contributed by atoms with Gasteiger partial charge >= 0.3 is 0 Å². The lowest BCUT2D eigenvalue weighted by molar-refractivity contribution is 0.103. The van der Waals surface area contributed by atoms with Crippen LogP contribution in [0.1, 0.15) is 15.9 Å². The number of ether oxygens (including phenoxy) is 2. The number of ketones is 1. The second kappa shape index (κ2) is 6.05. The van der Waals surface area contributed by atoms with Gasteiger partial charge in [-0.25, -0.2) is 4.39 Å². The van der Waals surface area contributed by atoms with Gasteiger partial charge in [0.05, 0.1) is 29.8 Å². The third kappa shape index (κ3) is 2.67. The molecule has 0 radical (unpaired) electrons. The fourth-order valence-corrected chi connectivity index (χ4v) is 2.33. The standard InChI is InChI=1S/C15H12BrFO3/c1-19-13-8-14(20-2)11(16)7-10(13)15(18)9-5-3-4-6-12(9)17/h3-8H,1-2H3. The molecular weight excluding hydrogens is 327 g/mol. The summed E-state index contributed by atoms with van der Waals surface area (Å²) in [4.78, 5) is 12.4. The Bertz CT molecular complexity index is 656. The van der Waals surface area contributed by atoms with Crippen molar-refractivity contribution in [3.05, 3.63) is 57.8 Å². The summed E-state index contributed by atoms with van der Waals surface area (Å²) in [6.45, 7) is 0. The lowest BCUT2D eigenvalue weighted by atomic mass is 10.0. The Hall–Kier alpha value is -1.88. The first-order chi connectivity index (χ1) is 9.58. The number of halogens is 2. The Morgan fingerprint density at radius 3 is 2.30 bits per heavy atom. The largest absolute Gasteiger partial charge is 0.496 e. The zero-order chi connectivity index (χ0) is 14.7. The summed E-state index contributed by atoms with van der Waals surface area (Å²) in [5.41, 5.74) is 0.271. The Kier molecular flexibility index (Phi) is 4.39. The summed E-state index contributed by atoms with van der Waals surface area (Å²) in [5, 5.41) is 0. The van der Waals surface area contributed by atoms with Crippen molar-refractivity contribution in [1.29, 1.82) is 0 Å². The van der Waals surface area contributed by atoms with Crippen LogP contribution in [-0.4, -0.2) is 20.0 Å². The number of carbonyl (C=O) groups excluding carboxylic acids is 1. The maximum Gasteiger partial charge on any atom is 0.199 e. The summed E-state index contributed by atoms with van der Waals surface area (Å²) in [5.74, 6) is -0.139. The van der Waals surface area contributed by atoms with Crippen LogP contribution >= 0.6 is 15.9 Å². The first-order valence-corrected chi connectivity index (χ1v) is 6.58. The maximum absolute atomic E-state index is 13.7. The zero-order valence-electron chi connectivity index (χ0n) is 10.9. The van der Waals surface area contributed by atoms with Crippen molar-refractivity contribution in [3.63, 3.8) is 0 Å². The molecule has 0 aliphatic rings. The van der Waals surface area contributed by atoms with E-state index < -0.39 is 11.6 Å². The molecule has 0 saturated carbocycles. The molecule has 0 atom stereocenters. The van der Waals surface area contributed by atoms with Crippen molar-refractivity contribution in [2.45, 2.75) is 0 Å². The molecule has 0 unspecified atom stereocenters. The van der Waals surface area contributed by atoms with Gasteiger partial charge in [-0.2, -0.15) is 0 Å². The van der Waals surface area contributed by atoms with Crippen LogP contribution in [0.3, 0.4) is 0 Å². The van der Waals surface area contributed by atoms with Gasteiger partial charge in [0.2, 0.25) is 0 Å². The SMILES string of the molecule is COc1cc(OC)c(C(=O)c2ccccc2F)cc1Br. The van der Waals surface area contributed by atoms with E-state index in [1.165, 1.54) is 32.4 Å². The molecule has 0 aliphatic carbocycles. The Balaban J connectivity index is 2.55. The first kappa shape index (κ1) is 14.5. The van der Waals surface area contributed by atoms with Crippen LogP contribution in [0.15, 0.2) is 40.9 Å². The molecule has 0 heterocycles. The molecule has 2 rings (SSSR count). The number of hydrogen-bond acceptors (Lipinski definition) is 3. The number of methoxy groups -OCH3 is 2. The minimum Gasteiger partial charge on any atom is -0.496 e. The molecule has 0 fully saturated rings. The zero-order valence-corrected chi connectivity index (χ0v) is 12.5. The van der Waals surface area contributed by atoms with E-state index in [4.69, 9.17) is 9.47 Å². The fraction of sp³-hybridized carbons (Fsp3) is 0.133. The summed E-state index contributed by atoms with van der Waals surface area (Å²) in [6, 6.07) is 8.98. The third-order valence-electron chi connectivity index (χ3n) is 2.84. The van der Waals surface area contributed by atoms with Crippen LogP contribution < -0.4 is 9.47 Å². The molecule has 0 spiro atoms. The van der Waals surface area contributed by atoms with Gasteiger partial charge in [-0.1, -0.05) is 12.1 Å². The molecule has 2 aromatic carbocycles. The Morgan fingerprint density at radius 2 is 1.70 bits per heavy atom. The Labute approximate surface area is 124 Å². The van der Waals surface area contributed by atoms with Crippen molar-refractivity contribution < 1.29 is 18.7 Å². The van der Waals surface area contributed by atoms with Crippen LogP contribution in [-0.2, 0) is 0 Å². The van der Waals surface area contributed by atoms with E-state index in [0.29, 0.717) is 16.0 Å². The summed E-state index contributed by atoms with van der Waals surface area (Å²) in [6.07, 6.45) is 0. The molecule has 0 N–H and O–H groups in total. The quantitative estimate of drug-likeness (QED) is 0.794. The summed E-state index contributed by atoms with van der Waals surface area (Å²) in [7, 11) is 2.96. The molecule has 20 heavy (non-hydrogen) atoms. The lowest BCUT2D eigenvalue weighted by Gasteiger charge is -2.11. The molecular formula is C15H12BrFO3. The topological polar surface area (TPSA) is 35.5 Å². The van der Waals surface area contributed by atoms with Crippen LogP contribution in [0, 0.1) is 5.82 Å². The molecule has 2 aromatic rings. The van der Waals surface area contributed by atoms with E-state index in [0.717, 1.165) is 0 Å². The lowest BCUT2D eigenvalue weighted by Crippen LogP contribution is -2.07. The van der Waals surface area contributed by atoms with E-state index in [9.17, 15) is 9.18 Å². The third-order valence-corrected chi connectivity index (χ3v) is 3.46. The summed E-state index contributed by atoms with van der Waals surface area (Å²) >= 11 is 3.30. The molecule has 0 amide bonds. The van der Waals surface area contributed by atoms with Crippen LogP contribution in [0.4, 0.5) is 4.39 Å². The molecule has 0 aromatic heterocycles.